The standard InChI is InChI=1S/C12H19N7O/c1-8(6-11-7-9(2)14-16-11)13-12(20)4-5-19-10(3)15-17-18-19/h7-8H,4-6H2,1-3H3,(H,13,20)(H,14,16)/t8-/m1/s1. The number of hydrogen-bond acceptors (Lipinski definition) is 5. The second-order valence-corrected chi connectivity index (χ2v) is 4.91. The minimum Gasteiger partial charge on any atom is -0.353 e. The van der Waals surface area contributed by atoms with Gasteiger partial charge in [-0.25, -0.2) is 4.68 Å². The molecular weight excluding hydrogens is 258 g/mol. The van der Waals surface area contributed by atoms with Crippen LogP contribution in [0.5, 0.6) is 0 Å². The van der Waals surface area contributed by atoms with Crippen LogP contribution < -0.4 is 5.32 Å². The third-order valence-corrected chi connectivity index (χ3v) is 2.94. The first-order valence-corrected chi connectivity index (χ1v) is 6.57. The third-order valence-electron chi connectivity index (χ3n) is 2.94. The average molecular weight is 277 g/mol. The van der Waals surface area contributed by atoms with E-state index >= 15 is 0 Å². The van der Waals surface area contributed by atoms with Crippen molar-refractivity contribution in [3.05, 3.63) is 23.3 Å². The molecule has 20 heavy (non-hydrogen) atoms. The van der Waals surface area contributed by atoms with Gasteiger partial charge in [-0.2, -0.15) is 5.10 Å². The summed E-state index contributed by atoms with van der Waals surface area (Å²) in [6.07, 6.45) is 1.07. The highest BCUT2D eigenvalue weighted by Crippen LogP contribution is 2.02. The molecule has 2 N–H and O–H groups in total. The summed E-state index contributed by atoms with van der Waals surface area (Å²) in [4.78, 5) is 11.8. The van der Waals surface area contributed by atoms with Crippen molar-refractivity contribution in [3.8, 4) is 0 Å². The Balaban J connectivity index is 1.75. The number of amides is 1. The van der Waals surface area contributed by atoms with E-state index < -0.39 is 0 Å². The van der Waals surface area contributed by atoms with Crippen LogP contribution in [0.15, 0.2) is 6.07 Å². The molecule has 2 heterocycles. The van der Waals surface area contributed by atoms with Gasteiger partial charge in [-0.3, -0.25) is 9.89 Å². The highest BCUT2D eigenvalue weighted by atomic mass is 16.1. The fourth-order valence-electron chi connectivity index (χ4n) is 1.95. The Morgan fingerprint density at radius 3 is 2.90 bits per heavy atom. The molecule has 2 aromatic rings. The summed E-state index contributed by atoms with van der Waals surface area (Å²) in [5.74, 6) is 0.692. The quantitative estimate of drug-likeness (QED) is 0.782. The summed E-state index contributed by atoms with van der Waals surface area (Å²) in [6, 6.07) is 2.02. The zero-order valence-corrected chi connectivity index (χ0v) is 11.9. The van der Waals surface area contributed by atoms with Gasteiger partial charge in [0, 0.05) is 24.6 Å². The molecule has 2 aromatic heterocycles. The van der Waals surface area contributed by atoms with Crippen LogP contribution in [-0.4, -0.2) is 42.4 Å². The Labute approximate surface area is 117 Å². The summed E-state index contributed by atoms with van der Waals surface area (Å²) in [5.41, 5.74) is 1.97. The first kappa shape index (κ1) is 14.2. The zero-order valence-electron chi connectivity index (χ0n) is 11.9. The second kappa shape index (κ2) is 6.27. The summed E-state index contributed by atoms with van der Waals surface area (Å²) in [5, 5.41) is 21.1. The maximum absolute atomic E-state index is 11.8. The van der Waals surface area contributed by atoms with Crippen LogP contribution in [0.1, 0.15) is 30.6 Å². The van der Waals surface area contributed by atoms with Crippen LogP contribution in [0, 0.1) is 13.8 Å². The van der Waals surface area contributed by atoms with Crippen molar-refractivity contribution in [1.29, 1.82) is 0 Å². The molecular formula is C12H19N7O. The smallest absolute Gasteiger partial charge is 0.222 e. The summed E-state index contributed by atoms with van der Waals surface area (Å²) in [6.45, 7) is 6.21. The van der Waals surface area contributed by atoms with Crippen LogP contribution >= 0.6 is 0 Å². The molecule has 0 saturated heterocycles. The van der Waals surface area contributed by atoms with Gasteiger partial charge in [-0.1, -0.05) is 0 Å². The van der Waals surface area contributed by atoms with Crippen LogP contribution in [0.2, 0.25) is 0 Å². The third kappa shape index (κ3) is 3.87. The number of aromatic nitrogens is 6. The number of nitrogens with one attached hydrogen (secondary N) is 2. The highest BCUT2D eigenvalue weighted by molar-refractivity contribution is 5.76. The number of carbonyl (C=O) groups is 1. The number of hydrogen-bond donors (Lipinski definition) is 2. The molecule has 1 amide bonds. The fraction of sp³-hybridized carbons (Fsp3) is 0.583. The Morgan fingerprint density at radius 2 is 2.30 bits per heavy atom. The minimum absolute atomic E-state index is 0.0142. The summed E-state index contributed by atoms with van der Waals surface area (Å²) < 4.78 is 1.61. The monoisotopic (exact) mass is 277 g/mol. The topological polar surface area (TPSA) is 101 Å². The van der Waals surface area contributed by atoms with Crippen LogP contribution in [-0.2, 0) is 17.8 Å². The van der Waals surface area contributed by atoms with Crippen molar-refractivity contribution < 1.29 is 4.79 Å². The van der Waals surface area contributed by atoms with Crippen LogP contribution in [0.25, 0.3) is 0 Å². The maximum Gasteiger partial charge on any atom is 0.222 e. The van der Waals surface area contributed by atoms with E-state index in [1.54, 1.807) is 11.6 Å². The van der Waals surface area contributed by atoms with Crippen molar-refractivity contribution in [1.82, 2.24) is 35.7 Å². The van der Waals surface area contributed by atoms with Gasteiger partial charge in [0.05, 0.1) is 12.2 Å². The van der Waals surface area contributed by atoms with Crippen LogP contribution in [0.4, 0.5) is 0 Å². The average Bonchev–Trinajstić information content (AvgIpc) is 2.96. The molecule has 0 radical (unpaired) electrons. The maximum atomic E-state index is 11.8. The molecule has 0 saturated carbocycles. The molecule has 0 aliphatic rings. The van der Waals surface area contributed by atoms with E-state index in [0.717, 1.165) is 11.4 Å². The lowest BCUT2D eigenvalue weighted by Crippen LogP contribution is -2.34. The predicted molar refractivity (Wildman–Crippen MR) is 71.8 cm³/mol. The molecule has 0 fully saturated rings. The first-order chi connectivity index (χ1) is 9.54. The van der Waals surface area contributed by atoms with Crippen molar-refractivity contribution >= 4 is 5.91 Å². The number of tetrazole rings is 1. The van der Waals surface area contributed by atoms with Gasteiger partial charge in [0.25, 0.3) is 0 Å². The largest absolute Gasteiger partial charge is 0.353 e. The van der Waals surface area contributed by atoms with E-state index in [-0.39, 0.29) is 11.9 Å². The Hall–Kier alpha value is -2.25. The second-order valence-electron chi connectivity index (χ2n) is 4.91. The predicted octanol–water partition coefficient (Wildman–Crippen LogP) is 0.151. The Bertz CT molecular complexity index is 574. The molecule has 0 aliphatic carbocycles. The number of aromatic amines is 1. The summed E-state index contributed by atoms with van der Waals surface area (Å²) in [7, 11) is 0. The summed E-state index contributed by atoms with van der Waals surface area (Å²) >= 11 is 0. The van der Waals surface area contributed by atoms with E-state index in [1.807, 2.05) is 19.9 Å². The normalized spacial score (nSPS) is 12.3. The highest BCUT2D eigenvalue weighted by Gasteiger charge is 2.11. The number of carbonyl (C=O) groups excluding carboxylic acids is 1. The van der Waals surface area contributed by atoms with Gasteiger partial charge in [-0.05, 0) is 37.3 Å². The molecule has 0 aliphatic heterocycles. The van der Waals surface area contributed by atoms with E-state index in [4.69, 9.17) is 0 Å². The molecule has 0 unspecified atom stereocenters. The lowest BCUT2D eigenvalue weighted by atomic mass is 10.1. The lowest BCUT2D eigenvalue weighted by molar-refractivity contribution is -0.121. The van der Waals surface area contributed by atoms with Gasteiger partial charge >= 0.3 is 0 Å². The van der Waals surface area contributed by atoms with Crippen molar-refractivity contribution in [2.45, 2.75) is 46.2 Å². The van der Waals surface area contributed by atoms with E-state index in [0.29, 0.717) is 25.2 Å². The Morgan fingerprint density at radius 1 is 1.50 bits per heavy atom. The van der Waals surface area contributed by atoms with Gasteiger partial charge in [0.2, 0.25) is 5.91 Å². The molecule has 2 rings (SSSR count). The first-order valence-electron chi connectivity index (χ1n) is 6.57. The van der Waals surface area contributed by atoms with Gasteiger partial charge < -0.3 is 5.32 Å². The van der Waals surface area contributed by atoms with E-state index in [9.17, 15) is 4.79 Å². The zero-order chi connectivity index (χ0) is 14.5. The van der Waals surface area contributed by atoms with Crippen LogP contribution in [0.3, 0.4) is 0 Å². The van der Waals surface area contributed by atoms with E-state index in [2.05, 4.69) is 31.0 Å². The molecule has 8 nitrogen and oxygen atoms in total. The number of rotatable bonds is 6. The Kier molecular flexibility index (Phi) is 4.44. The molecule has 1 atom stereocenters. The van der Waals surface area contributed by atoms with Crippen molar-refractivity contribution in [2.75, 3.05) is 0 Å². The lowest BCUT2D eigenvalue weighted by Gasteiger charge is -2.12. The minimum atomic E-state index is -0.0142. The van der Waals surface area contributed by atoms with Gasteiger partial charge in [0.15, 0.2) is 0 Å². The SMILES string of the molecule is Cc1cc(C[C@@H](C)NC(=O)CCn2nnnc2C)n[nH]1. The molecule has 0 aromatic carbocycles. The molecule has 0 bridgehead atoms. The van der Waals surface area contributed by atoms with Gasteiger partial charge in [0.1, 0.15) is 5.82 Å². The van der Waals surface area contributed by atoms with Crippen molar-refractivity contribution in [3.63, 3.8) is 0 Å². The number of nitrogens with zero attached hydrogens (tertiary/aromatic N) is 5. The molecule has 0 spiro atoms. The number of H-pyrrole nitrogens is 1. The molecule has 8 heteroatoms. The van der Waals surface area contributed by atoms with Gasteiger partial charge in [-0.15, -0.1) is 5.10 Å². The fourth-order valence-corrected chi connectivity index (χ4v) is 1.95. The molecule has 108 valence electrons. The van der Waals surface area contributed by atoms with Crippen molar-refractivity contribution in [2.24, 2.45) is 0 Å². The van der Waals surface area contributed by atoms with E-state index in [1.165, 1.54) is 0 Å². The number of aryl methyl sites for hydroxylation is 3.